The zero-order valence-corrected chi connectivity index (χ0v) is 17.8. The zero-order valence-electron chi connectivity index (χ0n) is 17.8. The van der Waals surface area contributed by atoms with Crippen LogP contribution in [-0.2, 0) is 4.79 Å². The molecule has 0 bridgehead atoms. The number of hydrogen-bond donors (Lipinski definition) is 4. The highest BCUT2D eigenvalue weighted by atomic mass is 19.1. The van der Waals surface area contributed by atoms with Crippen LogP contribution in [0.2, 0.25) is 0 Å². The monoisotopic (exact) mass is 428 g/mol. The number of piperazine rings is 1. The lowest BCUT2D eigenvalue weighted by Gasteiger charge is -2.40. The number of anilines is 2. The summed E-state index contributed by atoms with van der Waals surface area (Å²) in [6.07, 6.45) is 0.324. The van der Waals surface area contributed by atoms with Crippen molar-refractivity contribution >= 4 is 23.3 Å². The molecule has 1 fully saturated rings. The van der Waals surface area contributed by atoms with Crippen LogP contribution in [0.1, 0.15) is 48.8 Å². The molecule has 31 heavy (non-hydrogen) atoms. The van der Waals surface area contributed by atoms with E-state index in [1.165, 1.54) is 6.07 Å². The molecule has 3 heterocycles. The van der Waals surface area contributed by atoms with Gasteiger partial charge in [-0.25, -0.2) is 4.39 Å². The maximum absolute atomic E-state index is 13.9. The lowest BCUT2D eigenvalue weighted by atomic mass is 10.1. The average molecular weight is 429 g/mol. The maximum Gasteiger partial charge on any atom is 0.257 e. The Hall–Kier alpha value is -3.07. The molecule has 1 aromatic heterocycles. The van der Waals surface area contributed by atoms with Crippen LogP contribution in [0.5, 0.6) is 0 Å². The van der Waals surface area contributed by atoms with Gasteiger partial charge in [0.1, 0.15) is 11.6 Å². The van der Waals surface area contributed by atoms with Crippen LogP contribution in [0.4, 0.5) is 15.9 Å². The largest absolute Gasteiger partial charge is 0.365 e. The first-order chi connectivity index (χ1) is 14.8. The van der Waals surface area contributed by atoms with Crippen molar-refractivity contribution in [1.82, 2.24) is 15.2 Å². The molecule has 0 saturated carbocycles. The molecule has 0 spiro atoms. The highest BCUT2D eigenvalue weighted by Crippen LogP contribution is 2.25. The molecule has 8 nitrogen and oxygen atoms in total. The number of halogens is 1. The van der Waals surface area contributed by atoms with Gasteiger partial charge in [-0.2, -0.15) is 0 Å². The summed E-state index contributed by atoms with van der Waals surface area (Å²) < 4.78 is 13.9. The number of rotatable bonds is 5. The normalized spacial score (nSPS) is 21.9. The Balaban J connectivity index is 1.31. The molecule has 0 radical (unpaired) electrons. The number of aromatic nitrogens is 1. The average Bonchev–Trinajstić information content (AvgIpc) is 3.22. The van der Waals surface area contributed by atoms with E-state index < -0.39 is 17.9 Å². The molecule has 0 aliphatic carbocycles. The summed E-state index contributed by atoms with van der Waals surface area (Å²) >= 11 is 0. The molecule has 9 heteroatoms. The van der Waals surface area contributed by atoms with Gasteiger partial charge in [-0.15, -0.1) is 0 Å². The van der Waals surface area contributed by atoms with E-state index in [-0.39, 0.29) is 23.6 Å². The fraction of sp³-hybridized carbons (Fsp3) is 0.455. The maximum atomic E-state index is 13.9. The van der Waals surface area contributed by atoms with Crippen molar-refractivity contribution in [2.45, 2.75) is 44.9 Å². The minimum atomic E-state index is -0.557. The number of benzene rings is 1. The summed E-state index contributed by atoms with van der Waals surface area (Å²) in [5.41, 5.74) is 7.40. The molecule has 5 N–H and O–H groups in total. The number of amides is 2. The number of aromatic amines is 1. The minimum absolute atomic E-state index is 0.0197. The predicted octanol–water partition coefficient (Wildman–Crippen LogP) is 2.17. The van der Waals surface area contributed by atoms with E-state index in [0.717, 1.165) is 24.6 Å². The van der Waals surface area contributed by atoms with Crippen molar-refractivity contribution in [3.05, 3.63) is 47.4 Å². The van der Waals surface area contributed by atoms with E-state index in [9.17, 15) is 14.0 Å². The van der Waals surface area contributed by atoms with E-state index in [4.69, 9.17) is 5.73 Å². The first-order valence-electron chi connectivity index (χ1n) is 10.7. The van der Waals surface area contributed by atoms with Gasteiger partial charge in [0.15, 0.2) is 0 Å². The standard InChI is InChI=1S/C22H29FN6O2/c1-13-12-28(19-8-6-16(26-19)14(2)24)10-11-29(13)20(30)9-7-18-25-17-5-3-4-15(23)21(17)22(31)27-18/h3-6,8,13-14,18,25-26H,7,9-12,24H2,1-2H3,(H,27,31)/t13-,14?,18?/m0/s1. The van der Waals surface area contributed by atoms with Gasteiger partial charge in [-0.3, -0.25) is 9.59 Å². The highest BCUT2D eigenvalue weighted by Gasteiger charge is 2.30. The van der Waals surface area contributed by atoms with Gasteiger partial charge in [-0.05, 0) is 44.5 Å². The molecule has 4 rings (SSSR count). The van der Waals surface area contributed by atoms with Gasteiger partial charge in [0, 0.05) is 43.8 Å². The number of nitrogens with one attached hydrogen (secondary N) is 3. The number of hydrogen-bond acceptors (Lipinski definition) is 5. The lowest BCUT2D eigenvalue weighted by Crippen LogP contribution is -2.54. The van der Waals surface area contributed by atoms with Crippen molar-refractivity contribution in [1.29, 1.82) is 0 Å². The van der Waals surface area contributed by atoms with E-state index >= 15 is 0 Å². The van der Waals surface area contributed by atoms with Crippen LogP contribution in [-0.4, -0.2) is 53.5 Å². The third-order valence-electron chi connectivity index (χ3n) is 5.99. The van der Waals surface area contributed by atoms with Crippen LogP contribution >= 0.6 is 0 Å². The Kier molecular flexibility index (Phi) is 5.86. The van der Waals surface area contributed by atoms with Crippen molar-refractivity contribution in [3.8, 4) is 0 Å². The Morgan fingerprint density at radius 2 is 2.06 bits per heavy atom. The first-order valence-corrected chi connectivity index (χ1v) is 10.7. The van der Waals surface area contributed by atoms with Crippen LogP contribution in [0.25, 0.3) is 0 Å². The van der Waals surface area contributed by atoms with Gasteiger partial charge in [0.2, 0.25) is 5.91 Å². The second kappa shape index (κ2) is 8.58. The number of fused-ring (bicyclic) bond motifs is 1. The molecule has 1 aromatic carbocycles. The Labute approximate surface area is 181 Å². The van der Waals surface area contributed by atoms with Gasteiger partial charge < -0.3 is 31.2 Å². The quantitative estimate of drug-likeness (QED) is 0.584. The Morgan fingerprint density at radius 1 is 1.26 bits per heavy atom. The van der Waals surface area contributed by atoms with E-state index in [0.29, 0.717) is 25.1 Å². The van der Waals surface area contributed by atoms with Gasteiger partial charge >= 0.3 is 0 Å². The molecule has 2 aliphatic rings. The SMILES string of the molecule is CC(N)c1ccc(N2CCN(C(=O)CCC3NC(=O)c4c(F)cccc4N3)[C@@H](C)C2)[nH]1. The molecular formula is C22H29FN6O2. The van der Waals surface area contributed by atoms with Crippen molar-refractivity contribution in [2.75, 3.05) is 29.9 Å². The van der Waals surface area contributed by atoms with Crippen molar-refractivity contribution in [2.24, 2.45) is 5.73 Å². The molecule has 2 aliphatic heterocycles. The topological polar surface area (TPSA) is 106 Å². The van der Waals surface area contributed by atoms with E-state index in [1.54, 1.807) is 12.1 Å². The highest BCUT2D eigenvalue weighted by molar-refractivity contribution is 6.01. The first kappa shape index (κ1) is 21.2. The smallest absolute Gasteiger partial charge is 0.257 e. The van der Waals surface area contributed by atoms with Gasteiger partial charge in [0.25, 0.3) is 5.91 Å². The van der Waals surface area contributed by atoms with Crippen molar-refractivity contribution < 1.29 is 14.0 Å². The summed E-state index contributed by atoms with van der Waals surface area (Å²) in [7, 11) is 0. The Morgan fingerprint density at radius 3 is 2.77 bits per heavy atom. The molecule has 166 valence electrons. The van der Waals surface area contributed by atoms with Crippen LogP contribution in [0.3, 0.4) is 0 Å². The number of nitrogens with two attached hydrogens (primary N) is 1. The minimum Gasteiger partial charge on any atom is -0.365 e. The fourth-order valence-corrected chi connectivity index (χ4v) is 4.28. The second-order valence-electron chi connectivity index (χ2n) is 8.34. The third kappa shape index (κ3) is 4.36. The summed E-state index contributed by atoms with van der Waals surface area (Å²) in [6, 6.07) is 8.53. The molecular weight excluding hydrogens is 399 g/mol. The second-order valence-corrected chi connectivity index (χ2v) is 8.34. The Bertz CT molecular complexity index is 975. The number of H-pyrrole nitrogens is 1. The molecule has 2 unspecified atom stereocenters. The summed E-state index contributed by atoms with van der Waals surface area (Å²) in [5, 5.41) is 5.85. The van der Waals surface area contributed by atoms with Gasteiger partial charge in [-0.1, -0.05) is 6.07 Å². The third-order valence-corrected chi connectivity index (χ3v) is 5.99. The van der Waals surface area contributed by atoms with Crippen molar-refractivity contribution in [3.63, 3.8) is 0 Å². The fourth-order valence-electron chi connectivity index (χ4n) is 4.28. The summed E-state index contributed by atoms with van der Waals surface area (Å²) in [4.78, 5) is 32.6. The molecule has 1 saturated heterocycles. The van der Waals surface area contributed by atoms with E-state index in [2.05, 4.69) is 20.5 Å². The van der Waals surface area contributed by atoms with Crippen LogP contribution in [0, 0.1) is 5.82 Å². The number of carbonyl (C=O) groups is 2. The summed E-state index contributed by atoms with van der Waals surface area (Å²) in [5.74, 6) is 0.0597. The van der Waals surface area contributed by atoms with E-state index in [1.807, 2.05) is 30.9 Å². The summed E-state index contributed by atoms with van der Waals surface area (Å²) in [6.45, 7) is 6.08. The molecule has 2 aromatic rings. The number of nitrogens with zero attached hydrogens (tertiary/aromatic N) is 2. The predicted molar refractivity (Wildman–Crippen MR) is 117 cm³/mol. The molecule has 3 atom stereocenters. The molecule has 2 amide bonds. The number of carbonyl (C=O) groups excluding carboxylic acids is 2. The lowest BCUT2D eigenvalue weighted by molar-refractivity contribution is -0.133. The van der Waals surface area contributed by atoms with Crippen LogP contribution < -0.4 is 21.3 Å². The van der Waals surface area contributed by atoms with Crippen LogP contribution in [0.15, 0.2) is 30.3 Å². The van der Waals surface area contributed by atoms with Gasteiger partial charge in [0.05, 0.1) is 17.4 Å². The zero-order chi connectivity index (χ0) is 22.1.